The van der Waals surface area contributed by atoms with Crippen LogP contribution in [0.25, 0.3) is 0 Å². The van der Waals surface area contributed by atoms with Gasteiger partial charge in [0.25, 0.3) is 5.91 Å². The van der Waals surface area contributed by atoms with E-state index in [-0.39, 0.29) is 18.4 Å². The second-order valence-electron chi connectivity index (χ2n) is 7.99. The van der Waals surface area contributed by atoms with Gasteiger partial charge in [0.2, 0.25) is 5.91 Å². The van der Waals surface area contributed by atoms with Crippen molar-refractivity contribution >= 4 is 17.8 Å². The zero-order chi connectivity index (χ0) is 19.6. The highest BCUT2D eigenvalue weighted by atomic mass is 16.2. The van der Waals surface area contributed by atoms with Crippen LogP contribution in [0.5, 0.6) is 0 Å². The first-order valence-electron chi connectivity index (χ1n) is 9.78. The molecule has 146 valence electrons. The summed E-state index contributed by atoms with van der Waals surface area (Å²) in [6, 6.07) is 7.53. The summed E-state index contributed by atoms with van der Waals surface area (Å²) in [4.78, 5) is 40.5. The summed E-state index contributed by atoms with van der Waals surface area (Å²) < 4.78 is 0. The molecule has 6 nitrogen and oxygen atoms in total. The van der Waals surface area contributed by atoms with Gasteiger partial charge < -0.3 is 10.2 Å². The number of nitrogens with one attached hydrogen (secondary N) is 1. The lowest BCUT2D eigenvalue weighted by Crippen LogP contribution is -2.50. The van der Waals surface area contributed by atoms with E-state index < -0.39 is 11.6 Å². The molecule has 4 amide bonds. The first-order valence-corrected chi connectivity index (χ1v) is 9.78. The summed E-state index contributed by atoms with van der Waals surface area (Å²) >= 11 is 0. The molecule has 6 heteroatoms. The van der Waals surface area contributed by atoms with Gasteiger partial charge in [0.05, 0.1) is 0 Å². The third-order valence-corrected chi connectivity index (χ3v) is 6.04. The second kappa shape index (κ2) is 7.71. The zero-order valence-electron chi connectivity index (χ0n) is 16.5. The Hall–Kier alpha value is -2.37. The van der Waals surface area contributed by atoms with E-state index in [9.17, 15) is 14.4 Å². The van der Waals surface area contributed by atoms with Gasteiger partial charge in [-0.3, -0.25) is 14.5 Å². The molecule has 1 spiro atoms. The van der Waals surface area contributed by atoms with Crippen molar-refractivity contribution in [3.63, 3.8) is 0 Å². The van der Waals surface area contributed by atoms with Crippen LogP contribution in [-0.2, 0) is 16.1 Å². The Morgan fingerprint density at radius 2 is 1.85 bits per heavy atom. The third-order valence-electron chi connectivity index (χ3n) is 6.04. The number of benzene rings is 1. The van der Waals surface area contributed by atoms with Crippen molar-refractivity contribution in [2.45, 2.75) is 58.0 Å². The molecule has 0 aromatic heterocycles. The van der Waals surface area contributed by atoms with Gasteiger partial charge in [-0.15, -0.1) is 0 Å². The lowest BCUT2D eigenvalue weighted by atomic mass is 9.75. The predicted octanol–water partition coefficient (Wildman–Crippen LogP) is 2.84. The topological polar surface area (TPSA) is 69.7 Å². The summed E-state index contributed by atoms with van der Waals surface area (Å²) in [5.74, 6) is 0.147. The molecule has 3 rings (SSSR count). The molecule has 1 aromatic carbocycles. The SMILES string of the molecule is CCC1CCC2(CC1)NC(=O)N(CC(=O)N(C)Cc1ccc(C)cc1)C2=O. The normalized spacial score (nSPS) is 25.0. The Morgan fingerprint density at radius 1 is 1.22 bits per heavy atom. The molecule has 1 saturated heterocycles. The van der Waals surface area contributed by atoms with Crippen LogP contribution in [0, 0.1) is 12.8 Å². The Balaban J connectivity index is 1.61. The molecule has 1 aromatic rings. The minimum Gasteiger partial charge on any atom is -0.340 e. The van der Waals surface area contributed by atoms with E-state index in [1.807, 2.05) is 31.2 Å². The molecule has 1 N–H and O–H groups in total. The summed E-state index contributed by atoms with van der Waals surface area (Å²) in [6.45, 7) is 4.42. The molecular formula is C21H29N3O3. The molecule has 1 aliphatic carbocycles. The number of carbonyl (C=O) groups excluding carboxylic acids is 3. The number of rotatable bonds is 5. The Kier molecular flexibility index (Phi) is 5.53. The zero-order valence-corrected chi connectivity index (χ0v) is 16.5. The molecule has 2 fully saturated rings. The van der Waals surface area contributed by atoms with Crippen molar-refractivity contribution in [3.8, 4) is 0 Å². The number of aryl methyl sites for hydroxylation is 1. The van der Waals surface area contributed by atoms with Crippen LogP contribution in [-0.4, -0.2) is 46.8 Å². The lowest BCUT2D eigenvalue weighted by Gasteiger charge is -2.34. The summed E-state index contributed by atoms with van der Waals surface area (Å²) in [5, 5.41) is 2.88. The van der Waals surface area contributed by atoms with Crippen LogP contribution >= 0.6 is 0 Å². The van der Waals surface area contributed by atoms with Crippen LogP contribution in [0.4, 0.5) is 4.79 Å². The van der Waals surface area contributed by atoms with E-state index >= 15 is 0 Å². The van der Waals surface area contributed by atoms with E-state index in [0.29, 0.717) is 25.3 Å². The van der Waals surface area contributed by atoms with Crippen LogP contribution in [0.2, 0.25) is 0 Å². The van der Waals surface area contributed by atoms with Gasteiger partial charge in [0.15, 0.2) is 0 Å². The molecular weight excluding hydrogens is 342 g/mol. The van der Waals surface area contributed by atoms with E-state index in [4.69, 9.17) is 0 Å². The third kappa shape index (κ3) is 3.99. The van der Waals surface area contributed by atoms with Crippen molar-refractivity contribution in [2.75, 3.05) is 13.6 Å². The minimum absolute atomic E-state index is 0.202. The summed E-state index contributed by atoms with van der Waals surface area (Å²) in [7, 11) is 1.70. The quantitative estimate of drug-likeness (QED) is 0.809. The van der Waals surface area contributed by atoms with Crippen molar-refractivity contribution in [3.05, 3.63) is 35.4 Å². The summed E-state index contributed by atoms with van der Waals surface area (Å²) in [6.07, 6.45) is 4.32. The van der Waals surface area contributed by atoms with E-state index in [1.54, 1.807) is 11.9 Å². The van der Waals surface area contributed by atoms with Crippen LogP contribution in [0.3, 0.4) is 0 Å². The first-order chi connectivity index (χ1) is 12.8. The van der Waals surface area contributed by atoms with Crippen LogP contribution < -0.4 is 5.32 Å². The highest BCUT2D eigenvalue weighted by Gasteiger charge is 2.52. The molecule has 0 unspecified atom stereocenters. The molecule has 0 radical (unpaired) electrons. The molecule has 1 saturated carbocycles. The van der Waals surface area contributed by atoms with Gasteiger partial charge >= 0.3 is 6.03 Å². The van der Waals surface area contributed by atoms with Crippen molar-refractivity contribution < 1.29 is 14.4 Å². The predicted molar refractivity (Wildman–Crippen MR) is 103 cm³/mol. The number of hydrogen-bond acceptors (Lipinski definition) is 3. The van der Waals surface area contributed by atoms with Gasteiger partial charge in [-0.25, -0.2) is 4.79 Å². The van der Waals surface area contributed by atoms with Gasteiger partial charge in [-0.1, -0.05) is 43.2 Å². The van der Waals surface area contributed by atoms with Crippen LogP contribution in [0.1, 0.15) is 50.2 Å². The number of nitrogens with zero attached hydrogens (tertiary/aromatic N) is 2. The first kappa shape index (κ1) is 19.4. The number of amides is 4. The number of urea groups is 1. The standard InChI is InChI=1S/C21H29N3O3/c1-4-16-9-11-21(12-10-16)19(26)24(20(27)22-21)14-18(25)23(3)13-17-7-5-15(2)6-8-17/h5-8,16H,4,9-14H2,1-3H3,(H,22,27). The molecule has 2 aliphatic rings. The maximum absolute atomic E-state index is 12.9. The van der Waals surface area contributed by atoms with Gasteiger partial charge in [0, 0.05) is 13.6 Å². The number of carbonyl (C=O) groups is 3. The maximum atomic E-state index is 12.9. The van der Waals surface area contributed by atoms with E-state index in [1.165, 1.54) is 0 Å². The lowest BCUT2D eigenvalue weighted by molar-refractivity contribution is -0.139. The van der Waals surface area contributed by atoms with E-state index in [2.05, 4.69) is 12.2 Å². The average molecular weight is 371 g/mol. The fourth-order valence-corrected chi connectivity index (χ4v) is 4.05. The van der Waals surface area contributed by atoms with Crippen LogP contribution in [0.15, 0.2) is 24.3 Å². The Bertz CT molecular complexity index is 721. The molecule has 1 heterocycles. The minimum atomic E-state index is -0.793. The largest absolute Gasteiger partial charge is 0.340 e. The highest BCUT2D eigenvalue weighted by Crippen LogP contribution is 2.37. The number of imide groups is 1. The fourth-order valence-electron chi connectivity index (χ4n) is 4.05. The van der Waals surface area contributed by atoms with Gasteiger partial charge in [-0.05, 0) is 44.1 Å². The Labute approximate surface area is 160 Å². The maximum Gasteiger partial charge on any atom is 0.325 e. The van der Waals surface area contributed by atoms with Crippen molar-refractivity contribution in [2.24, 2.45) is 5.92 Å². The fraction of sp³-hybridized carbons (Fsp3) is 0.571. The monoisotopic (exact) mass is 371 g/mol. The molecule has 0 atom stereocenters. The van der Waals surface area contributed by atoms with Crippen molar-refractivity contribution in [1.82, 2.24) is 15.1 Å². The summed E-state index contributed by atoms with van der Waals surface area (Å²) in [5.41, 5.74) is 1.39. The second-order valence-corrected chi connectivity index (χ2v) is 7.99. The van der Waals surface area contributed by atoms with Gasteiger partial charge in [-0.2, -0.15) is 0 Å². The smallest absolute Gasteiger partial charge is 0.325 e. The van der Waals surface area contributed by atoms with Crippen molar-refractivity contribution in [1.29, 1.82) is 0 Å². The molecule has 1 aliphatic heterocycles. The number of hydrogen-bond donors (Lipinski definition) is 1. The average Bonchev–Trinajstić information content (AvgIpc) is 2.88. The Morgan fingerprint density at radius 3 is 2.44 bits per heavy atom. The number of likely N-dealkylation sites (N-methyl/N-ethyl adjacent to an activating group) is 1. The molecule has 0 bridgehead atoms. The molecule has 27 heavy (non-hydrogen) atoms. The highest BCUT2D eigenvalue weighted by molar-refractivity contribution is 6.09. The van der Waals surface area contributed by atoms with Gasteiger partial charge in [0.1, 0.15) is 12.1 Å². The van der Waals surface area contributed by atoms with E-state index in [0.717, 1.165) is 35.3 Å².